The van der Waals surface area contributed by atoms with Gasteiger partial charge < -0.3 is 10.3 Å². The molecule has 0 amide bonds. The van der Waals surface area contributed by atoms with Crippen molar-refractivity contribution in [1.29, 1.82) is 0 Å². The van der Waals surface area contributed by atoms with Crippen LogP contribution in [0.5, 0.6) is 0 Å². The maximum atomic E-state index is 12.2. The normalized spacial score (nSPS) is 16.9. The Balaban J connectivity index is 2.65. The molecule has 0 aromatic carbocycles. The van der Waals surface area contributed by atoms with Crippen molar-refractivity contribution in [3.05, 3.63) is 33.2 Å². The van der Waals surface area contributed by atoms with E-state index in [1.165, 1.54) is 24.1 Å². The number of fused-ring (bicyclic) bond motifs is 1. The molecule has 0 aliphatic heterocycles. The topological polar surface area (TPSA) is 48.0 Å². The number of nitrogens with two attached hydrogens (primary N) is 1. The molecule has 1 aromatic rings. The molecule has 1 atom stereocenters. The zero-order chi connectivity index (χ0) is 11.7. The predicted octanol–water partition coefficient (Wildman–Crippen LogP) is 1.77. The fourth-order valence-electron chi connectivity index (χ4n) is 2.57. The van der Waals surface area contributed by atoms with Crippen LogP contribution in [0.15, 0.2) is 10.9 Å². The van der Waals surface area contributed by atoms with Crippen LogP contribution in [-0.4, -0.2) is 4.57 Å². The van der Waals surface area contributed by atoms with E-state index < -0.39 is 0 Å². The molecule has 1 aliphatic rings. The van der Waals surface area contributed by atoms with Gasteiger partial charge in [-0.1, -0.05) is 0 Å². The van der Waals surface area contributed by atoms with Crippen molar-refractivity contribution in [2.75, 3.05) is 0 Å². The molecule has 0 saturated carbocycles. The Morgan fingerprint density at radius 2 is 2.12 bits per heavy atom. The number of aromatic nitrogens is 1. The molecule has 2 rings (SSSR count). The third-order valence-electron chi connectivity index (χ3n) is 3.43. The zero-order valence-electron chi connectivity index (χ0n) is 10.1. The second-order valence-electron chi connectivity index (χ2n) is 4.62. The van der Waals surface area contributed by atoms with Gasteiger partial charge >= 0.3 is 0 Å². The van der Waals surface area contributed by atoms with Crippen LogP contribution in [0.25, 0.3) is 0 Å². The van der Waals surface area contributed by atoms with Crippen LogP contribution in [-0.2, 0) is 19.4 Å². The Morgan fingerprint density at radius 1 is 1.44 bits per heavy atom. The number of rotatable bonds is 2. The molecule has 0 bridgehead atoms. The molecule has 2 N–H and O–H groups in total. The molecular formula is C13H20N2O. The van der Waals surface area contributed by atoms with Gasteiger partial charge in [0.05, 0.1) is 0 Å². The predicted molar refractivity (Wildman–Crippen MR) is 65.6 cm³/mol. The summed E-state index contributed by atoms with van der Waals surface area (Å²) in [6.07, 6.45) is 4.56. The molecular weight excluding hydrogens is 200 g/mol. The minimum Gasteiger partial charge on any atom is -0.324 e. The lowest BCUT2D eigenvalue weighted by atomic mass is 9.93. The Kier molecular flexibility index (Phi) is 3.15. The molecule has 3 heteroatoms. The maximum Gasteiger partial charge on any atom is 0.255 e. The van der Waals surface area contributed by atoms with Gasteiger partial charge in [-0.25, -0.2) is 0 Å². The lowest BCUT2D eigenvalue weighted by Gasteiger charge is -2.22. The van der Waals surface area contributed by atoms with Gasteiger partial charge in [0.2, 0.25) is 0 Å². The molecule has 0 saturated heterocycles. The van der Waals surface area contributed by atoms with Gasteiger partial charge in [0.1, 0.15) is 0 Å². The second-order valence-corrected chi connectivity index (χ2v) is 4.62. The Labute approximate surface area is 96.3 Å². The molecule has 0 fully saturated rings. The summed E-state index contributed by atoms with van der Waals surface area (Å²) in [5, 5.41) is 0. The number of aryl methyl sites for hydroxylation is 1. The van der Waals surface area contributed by atoms with Crippen molar-refractivity contribution in [1.82, 2.24) is 4.57 Å². The molecule has 1 aromatic heterocycles. The number of hydrogen-bond acceptors (Lipinski definition) is 2. The van der Waals surface area contributed by atoms with Crippen molar-refractivity contribution >= 4 is 0 Å². The van der Waals surface area contributed by atoms with Crippen molar-refractivity contribution in [2.45, 2.75) is 52.1 Å². The third-order valence-corrected chi connectivity index (χ3v) is 3.43. The molecule has 88 valence electrons. The summed E-state index contributed by atoms with van der Waals surface area (Å²) in [6.45, 7) is 4.66. The van der Waals surface area contributed by atoms with E-state index >= 15 is 0 Å². The fourth-order valence-corrected chi connectivity index (χ4v) is 2.57. The highest BCUT2D eigenvalue weighted by molar-refractivity contribution is 5.30. The van der Waals surface area contributed by atoms with Crippen molar-refractivity contribution in [3.63, 3.8) is 0 Å². The lowest BCUT2D eigenvalue weighted by molar-refractivity contribution is 0.580. The highest BCUT2D eigenvalue weighted by Gasteiger charge is 2.18. The van der Waals surface area contributed by atoms with E-state index in [4.69, 9.17) is 5.73 Å². The summed E-state index contributed by atoms with van der Waals surface area (Å²) in [5.41, 5.74) is 9.31. The first kappa shape index (κ1) is 11.4. The van der Waals surface area contributed by atoms with Crippen LogP contribution in [0, 0.1) is 0 Å². The van der Waals surface area contributed by atoms with Crippen LogP contribution in [0.3, 0.4) is 0 Å². The van der Waals surface area contributed by atoms with E-state index in [1.54, 1.807) is 0 Å². The summed E-state index contributed by atoms with van der Waals surface area (Å²) in [4.78, 5) is 12.2. The number of pyridine rings is 1. The molecule has 0 spiro atoms. The monoisotopic (exact) mass is 220 g/mol. The lowest BCUT2D eigenvalue weighted by Crippen LogP contribution is -2.31. The molecule has 0 radical (unpaired) electrons. The van der Waals surface area contributed by atoms with E-state index in [9.17, 15) is 4.79 Å². The van der Waals surface area contributed by atoms with Gasteiger partial charge in [0.15, 0.2) is 0 Å². The average Bonchev–Trinajstić information content (AvgIpc) is 2.28. The second kappa shape index (κ2) is 4.42. The van der Waals surface area contributed by atoms with Gasteiger partial charge in [-0.05, 0) is 51.2 Å². The number of nitrogens with zero attached hydrogens (tertiary/aromatic N) is 1. The zero-order valence-corrected chi connectivity index (χ0v) is 10.1. The minimum atomic E-state index is -0.169. The van der Waals surface area contributed by atoms with Gasteiger partial charge in [0.25, 0.3) is 5.56 Å². The van der Waals surface area contributed by atoms with Crippen LogP contribution in [0.1, 0.15) is 49.6 Å². The van der Waals surface area contributed by atoms with E-state index in [2.05, 4.69) is 0 Å². The summed E-state index contributed by atoms with van der Waals surface area (Å²) < 4.78 is 1.91. The van der Waals surface area contributed by atoms with Gasteiger partial charge in [-0.15, -0.1) is 0 Å². The first-order chi connectivity index (χ1) is 7.65. The summed E-state index contributed by atoms with van der Waals surface area (Å²) in [5.74, 6) is 0. The van der Waals surface area contributed by atoms with Crippen LogP contribution >= 0.6 is 0 Å². The molecule has 3 nitrogen and oxygen atoms in total. The van der Waals surface area contributed by atoms with Crippen molar-refractivity contribution < 1.29 is 0 Å². The van der Waals surface area contributed by atoms with E-state index in [1.807, 2.05) is 24.5 Å². The standard InChI is InChI=1S/C13H20N2O/c1-3-15-12-7-5-4-6-10(12)8-11(9(2)14)13(15)16/h8-9H,3-7,14H2,1-2H3. The van der Waals surface area contributed by atoms with Gasteiger partial charge in [-0.2, -0.15) is 0 Å². The SMILES string of the molecule is CCn1c2c(cc(C(C)N)c1=O)CCCC2. The largest absolute Gasteiger partial charge is 0.324 e. The molecule has 1 unspecified atom stereocenters. The molecule has 16 heavy (non-hydrogen) atoms. The fraction of sp³-hybridized carbons (Fsp3) is 0.615. The Bertz CT molecular complexity index is 446. The first-order valence-electron chi connectivity index (χ1n) is 6.16. The number of hydrogen-bond donors (Lipinski definition) is 1. The van der Waals surface area contributed by atoms with Crippen LogP contribution in [0.2, 0.25) is 0 Å². The molecule has 1 heterocycles. The van der Waals surface area contributed by atoms with Crippen molar-refractivity contribution in [2.24, 2.45) is 5.73 Å². The maximum absolute atomic E-state index is 12.2. The Hall–Kier alpha value is -1.09. The van der Waals surface area contributed by atoms with Crippen LogP contribution in [0.4, 0.5) is 0 Å². The van der Waals surface area contributed by atoms with E-state index in [0.717, 1.165) is 24.9 Å². The summed E-state index contributed by atoms with van der Waals surface area (Å²) in [6, 6.07) is 1.87. The first-order valence-corrected chi connectivity index (χ1v) is 6.16. The summed E-state index contributed by atoms with van der Waals surface area (Å²) >= 11 is 0. The highest BCUT2D eigenvalue weighted by Crippen LogP contribution is 2.22. The highest BCUT2D eigenvalue weighted by atomic mass is 16.1. The average molecular weight is 220 g/mol. The molecule has 1 aliphatic carbocycles. The quantitative estimate of drug-likeness (QED) is 0.825. The Morgan fingerprint density at radius 3 is 2.75 bits per heavy atom. The summed E-state index contributed by atoms with van der Waals surface area (Å²) in [7, 11) is 0. The van der Waals surface area contributed by atoms with Crippen LogP contribution < -0.4 is 11.3 Å². The van der Waals surface area contributed by atoms with Crippen molar-refractivity contribution in [3.8, 4) is 0 Å². The van der Waals surface area contributed by atoms with E-state index in [-0.39, 0.29) is 11.6 Å². The van der Waals surface area contributed by atoms with E-state index in [0.29, 0.717) is 0 Å². The third kappa shape index (κ3) is 1.80. The van der Waals surface area contributed by atoms with Gasteiger partial charge in [-0.3, -0.25) is 4.79 Å². The smallest absolute Gasteiger partial charge is 0.255 e. The van der Waals surface area contributed by atoms with Gasteiger partial charge in [0, 0.05) is 23.8 Å². The minimum absolute atomic E-state index is 0.109.